The number of benzene rings is 1. The van der Waals surface area contributed by atoms with Gasteiger partial charge in [0.05, 0.1) is 30.6 Å². The fourth-order valence-electron chi connectivity index (χ4n) is 6.41. The van der Waals surface area contributed by atoms with Gasteiger partial charge in [-0.2, -0.15) is 0 Å². The molecule has 3 aliphatic rings. The molecule has 0 radical (unpaired) electrons. The van der Waals surface area contributed by atoms with E-state index in [-0.39, 0.29) is 41.1 Å². The molecule has 0 saturated carbocycles. The summed E-state index contributed by atoms with van der Waals surface area (Å²) in [6.07, 6.45) is 2.38. The first-order valence-electron chi connectivity index (χ1n) is 13.1. The van der Waals surface area contributed by atoms with E-state index in [4.69, 9.17) is 4.74 Å². The van der Waals surface area contributed by atoms with E-state index in [2.05, 4.69) is 33.5 Å². The molecule has 1 aromatic rings. The van der Waals surface area contributed by atoms with Crippen LogP contribution in [0.5, 0.6) is 0 Å². The van der Waals surface area contributed by atoms with Crippen molar-refractivity contribution in [3.05, 3.63) is 30.3 Å². The van der Waals surface area contributed by atoms with E-state index >= 15 is 0 Å². The molecule has 0 aromatic heterocycles. The molecule has 9 heteroatoms. The number of para-hydroxylation sites is 1. The van der Waals surface area contributed by atoms with Crippen molar-refractivity contribution in [2.24, 2.45) is 17.8 Å². The van der Waals surface area contributed by atoms with E-state index in [1.807, 2.05) is 39.0 Å². The Morgan fingerprint density at radius 2 is 1.92 bits per heavy atom. The van der Waals surface area contributed by atoms with Crippen molar-refractivity contribution in [3.63, 3.8) is 0 Å². The number of nitrogens with zero attached hydrogens (tertiary/aromatic N) is 1. The van der Waals surface area contributed by atoms with E-state index in [1.165, 1.54) is 0 Å². The van der Waals surface area contributed by atoms with Gasteiger partial charge in [0.15, 0.2) is 0 Å². The number of hydrogen-bond donors (Lipinski definition) is 3. The van der Waals surface area contributed by atoms with Crippen molar-refractivity contribution in [1.82, 2.24) is 10.2 Å². The molecule has 3 N–H and O–H groups in total. The van der Waals surface area contributed by atoms with Gasteiger partial charge in [-0.3, -0.25) is 14.4 Å². The molecule has 9 atom stereocenters. The fourth-order valence-corrected chi connectivity index (χ4v) is 7.36. The van der Waals surface area contributed by atoms with Crippen molar-refractivity contribution < 1.29 is 24.2 Å². The monoisotopic (exact) mass is 563 g/mol. The molecule has 4 unspecified atom stereocenters. The van der Waals surface area contributed by atoms with Gasteiger partial charge in [0.1, 0.15) is 11.6 Å². The zero-order valence-corrected chi connectivity index (χ0v) is 23.0. The molecule has 3 saturated heterocycles. The first kappa shape index (κ1) is 27.1. The topological polar surface area (TPSA) is 108 Å². The number of carbonyl (C=O) groups is 3. The largest absolute Gasteiger partial charge is 0.394 e. The van der Waals surface area contributed by atoms with Crippen LogP contribution in [0.2, 0.25) is 0 Å². The second kappa shape index (κ2) is 10.8. The quantitative estimate of drug-likeness (QED) is 0.379. The van der Waals surface area contributed by atoms with Crippen molar-refractivity contribution in [1.29, 1.82) is 0 Å². The van der Waals surface area contributed by atoms with E-state index in [9.17, 15) is 19.5 Å². The van der Waals surface area contributed by atoms with Gasteiger partial charge in [-0.15, -0.1) is 0 Å². The van der Waals surface area contributed by atoms with Gasteiger partial charge in [0, 0.05) is 16.6 Å². The molecule has 1 aromatic carbocycles. The number of carbonyl (C=O) groups excluding carboxylic acids is 3. The van der Waals surface area contributed by atoms with Gasteiger partial charge >= 0.3 is 0 Å². The zero-order valence-electron chi connectivity index (χ0n) is 21.4. The van der Waals surface area contributed by atoms with Crippen LogP contribution in [-0.2, 0) is 19.1 Å². The van der Waals surface area contributed by atoms with Crippen LogP contribution in [0.4, 0.5) is 5.69 Å². The Balaban J connectivity index is 1.74. The molecule has 0 aliphatic carbocycles. The SMILES string of the molecule is CCCC(C)NC(=O)C1N([C@@H](CO)[C@@H](C)CC)C(=O)[C@@H]2[C@@H](C(=O)Nc3ccccc3)[C@@H]3OC12CC3Br. The van der Waals surface area contributed by atoms with Gasteiger partial charge in [-0.05, 0) is 37.8 Å². The third-order valence-electron chi connectivity index (χ3n) is 8.27. The Hall–Kier alpha value is -1.97. The summed E-state index contributed by atoms with van der Waals surface area (Å²) in [5.41, 5.74) is -0.492. The number of ether oxygens (including phenoxy) is 1. The second-order valence-electron chi connectivity index (χ2n) is 10.6. The normalized spacial score (nSPS) is 33.2. The van der Waals surface area contributed by atoms with Crippen molar-refractivity contribution in [3.8, 4) is 0 Å². The lowest BCUT2D eigenvalue weighted by Gasteiger charge is -2.39. The number of halogens is 1. The molecule has 1 spiro atoms. The maximum atomic E-state index is 14.2. The highest BCUT2D eigenvalue weighted by Crippen LogP contribution is 2.60. The van der Waals surface area contributed by atoms with Crippen molar-refractivity contribution >= 4 is 39.3 Å². The third-order valence-corrected chi connectivity index (χ3v) is 9.12. The van der Waals surface area contributed by atoms with Crippen LogP contribution in [-0.4, -0.2) is 69.0 Å². The molecule has 4 rings (SSSR count). The van der Waals surface area contributed by atoms with Crippen LogP contribution in [0.25, 0.3) is 0 Å². The predicted molar refractivity (Wildman–Crippen MR) is 140 cm³/mol. The summed E-state index contributed by atoms with van der Waals surface area (Å²) < 4.78 is 6.54. The molecule has 36 heavy (non-hydrogen) atoms. The molecule has 2 bridgehead atoms. The number of alkyl halides is 1. The summed E-state index contributed by atoms with van der Waals surface area (Å²) >= 11 is 3.69. The lowest BCUT2D eigenvalue weighted by molar-refractivity contribution is -0.146. The van der Waals surface area contributed by atoms with Crippen LogP contribution in [0.1, 0.15) is 53.4 Å². The predicted octanol–water partition coefficient (Wildman–Crippen LogP) is 3.08. The van der Waals surface area contributed by atoms with Gasteiger partial charge in [-0.25, -0.2) is 0 Å². The first-order chi connectivity index (χ1) is 17.2. The average molecular weight is 565 g/mol. The lowest BCUT2D eigenvalue weighted by atomic mass is 9.70. The minimum Gasteiger partial charge on any atom is -0.394 e. The lowest BCUT2D eigenvalue weighted by Crippen LogP contribution is -2.60. The zero-order chi connectivity index (χ0) is 26.2. The van der Waals surface area contributed by atoms with Crippen molar-refractivity contribution in [2.75, 3.05) is 11.9 Å². The first-order valence-corrected chi connectivity index (χ1v) is 14.0. The Bertz CT molecular complexity index is 977. The van der Waals surface area contributed by atoms with Crippen LogP contribution < -0.4 is 10.6 Å². The maximum Gasteiger partial charge on any atom is 0.246 e. The summed E-state index contributed by atoms with van der Waals surface area (Å²) in [7, 11) is 0. The molecule has 3 heterocycles. The second-order valence-corrected chi connectivity index (χ2v) is 11.8. The standard InChI is InChI=1S/C27H38BrN3O5/c1-5-10-16(4)29-25(34)23-27-13-18(28)22(36-27)20(24(33)30-17-11-8-7-9-12-17)21(27)26(35)31(23)19(14-32)15(3)6-2/h7-9,11-12,15-16,18-23,32H,5-6,10,13-14H2,1-4H3,(H,29,34)(H,30,33)/t15-,16?,18?,19-,20+,21-,22+,23?,27?/m0/s1. The molecular formula is C27H38BrN3O5. The van der Waals surface area contributed by atoms with Crippen molar-refractivity contribution in [2.45, 2.75) is 88.0 Å². The number of hydrogen-bond acceptors (Lipinski definition) is 5. The number of likely N-dealkylation sites (tertiary alicyclic amines) is 1. The van der Waals surface area contributed by atoms with Gasteiger partial charge in [0.2, 0.25) is 17.7 Å². The summed E-state index contributed by atoms with van der Waals surface area (Å²) in [5.74, 6) is -2.44. The highest BCUT2D eigenvalue weighted by atomic mass is 79.9. The summed E-state index contributed by atoms with van der Waals surface area (Å²) in [6.45, 7) is 7.71. The van der Waals surface area contributed by atoms with Crippen LogP contribution in [0.15, 0.2) is 30.3 Å². The number of anilines is 1. The molecule has 3 fully saturated rings. The minimum absolute atomic E-state index is 0.0360. The molecule has 198 valence electrons. The molecular weight excluding hydrogens is 526 g/mol. The number of aliphatic hydroxyl groups excluding tert-OH is 1. The van der Waals surface area contributed by atoms with E-state index in [0.717, 1.165) is 19.3 Å². The summed E-state index contributed by atoms with van der Waals surface area (Å²) in [5, 5.41) is 16.4. The van der Waals surface area contributed by atoms with Gasteiger partial charge in [-0.1, -0.05) is 67.7 Å². The van der Waals surface area contributed by atoms with Gasteiger partial charge < -0.3 is 25.4 Å². The fraction of sp³-hybridized carbons (Fsp3) is 0.667. The summed E-state index contributed by atoms with van der Waals surface area (Å²) in [6, 6.07) is 7.60. The highest BCUT2D eigenvalue weighted by Gasteiger charge is 2.77. The van der Waals surface area contributed by atoms with Gasteiger partial charge in [0.25, 0.3) is 0 Å². The van der Waals surface area contributed by atoms with E-state index in [1.54, 1.807) is 17.0 Å². The molecule has 3 aliphatic heterocycles. The Labute approximate surface area is 221 Å². The highest BCUT2D eigenvalue weighted by molar-refractivity contribution is 9.09. The Morgan fingerprint density at radius 3 is 2.53 bits per heavy atom. The summed E-state index contributed by atoms with van der Waals surface area (Å²) in [4.78, 5) is 42.9. The number of aliphatic hydroxyl groups is 1. The third kappa shape index (κ3) is 4.47. The molecule has 3 amide bonds. The Kier molecular flexibility index (Phi) is 8.12. The van der Waals surface area contributed by atoms with E-state index < -0.39 is 35.6 Å². The average Bonchev–Trinajstić information content (AvgIpc) is 3.44. The van der Waals surface area contributed by atoms with E-state index in [0.29, 0.717) is 12.1 Å². The van der Waals surface area contributed by atoms with Crippen LogP contribution in [0, 0.1) is 17.8 Å². The molecule has 8 nitrogen and oxygen atoms in total. The van der Waals surface area contributed by atoms with Crippen LogP contribution >= 0.6 is 15.9 Å². The smallest absolute Gasteiger partial charge is 0.246 e. The number of amides is 3. The number of fused-ring (bicyclic) bond motifs is 1. The number of nitrogens with one attached hydrogen (secondary N) is 2. The van der Waals surface area contributed by atoms with Crippen LogP contribution in [0.3, 0.4) is 0 Å². The maximum absolute atomic E-state index is 14.2. The Morgan fingerprint density at radius 1 is 1.22 bits per heavy atom. The minimum atomic E-state index is -1.13. The number of rotatable bonds is 10.